The molecule has 0 aromatic carbocycles. The van der Waals surface area contributed by atoms with Crippen LogP contribution in [0.1, 0.15) is 35.6 Å². The van der Waals surface area contributed by atoms with Crippen LogP contribution in [0, 0.1) is 13.8 Å². The summed E-state index contributed by atoms with van der Waals surface area (Å²) in [4.78, 5) is 9.02. The molecule has 10 heteroatoms. The van der Waals surface area contributed by atoms with Crippen molar-refractivity contribution in [2.45, 2.75) is 39.2 Å². The second-order valence-corrected chi connectivity index (χ2v) is 6.23. The maximum atomic E-state index is 4.67. The standard InChI is InChI=1S/C15H16N10/c1-9-18-15(11-5-6-23-14(7-11)16-8-17-23)25(21-9)13-4-3-12-20-19-10(2)24(12)22-13/h3-4,8,11H,5-7H2,1-2H3. The van der Waals surface area contributed by atoms with Crippen LogP contribution in [0.4, 0.5) is 0 Å². The van der Waals surface area contributed by atoms with Gasteiger partial charge in [-0.25, -0.2) is 9.97 Å². The minimum absolute atomic E-state index is 0.234. The van der Waals surface area contributed by atoms with E-state index in [-0.39, 0.29) is 5.92 Å². The Morgan fingerprint density at radius 3 is 2.96 bits per heavy atom. The molecule has 10 nitrogen and oxygen atoms in total. The predicted octanol–water partition coefficient (Wildman–Crippen LogP) is 0.643. The molecule has 1 atom stereocenters. The highest BCUT2D eigenvalue weighted by Crippen LogP contribution is 2.28. The van der Waals surface area contributed by atoms with Crippen LogP contribution < -0.4 is 0 Å². The molecule has 0 aliphatic carbocycles. The molecule has 1 aliphatic rings. The average molecular weight is 336 g/mol. The number of nitrogens with zero attached hydrogens (tertiary/aromatic N) is 10. The monoisotopic (exact) mass is 336 g/mol. The maximum Gasteiger partial charge on any atom is 0.178 e. The molecule has 25 heavy (non-hydrogen) atoms. The summed E-state index contributed by atoms with van der Waals surface area (Å²) >= 11 is 0. The zero-order valence-electron chi connectivity index (χ0n) is 13.9. The predicted molar refractivity (Wildman–Crippen MR) is 86.3 cm³/mol. The van der Waals surface area contributed by atoms with E-state index in [1.807, 2.05) is 35.3 Å². The minimum Gasteiger partial charge on any atom is -0.250 e. The molecule has 126 valence electrons. The van der Waals surface area contributed by atoms with E-state index in [1.165, 1.54) is 0 Å². The Labute approximate surface area is 142 Å². The van der Waals surface area contributed by atoms with Gasteiger partial charge in [-0.3, -0.25) is 4.68 Å². The molecule has 0 bridgehead atoms. The van der Waals surface area contributed by atoms with Gasteiger partial charge in [0.05, 0.1) is 0 Å². The molecule has 1 unspecified atom stereocenters. The van der Waals surface area contributed by atoms with Crippen LogP contribution in [0.3, 0.4) is 0 Å². The minimum atomic E-state index is 0.234. The molecular weight excluding hydrogens is 320 g/mol. The lowest BCUT2D eigenvalue weighted by molar-refractivity contribution is 0.416. The Morgan fingerprint density at radius 2 is 2.04 bits per heavy atom. The zero-order valence-corrected chi connectivity index (χ0v) is 13.9. The van der Waals surface area contributed by atoms with Crippen molar-refractivity contribution in [1.82, 2.24) is 49.3 Å². The number of aryl methyl sites for hydroxylation is 3. The second kappa shape index (κ2) is 5.16. The van der Waals surface area contributed by atoms with Gasteiger partial charge in [-0.15, -0.1) is 20.4 Å². The summed E-state index contributed by atoms with van der Waals surface area (Å²) in [5, 5.41) is 21.6. The Balaban J connectivity index is 1.59. The number of hydrogen-bond donors (Lipinski definition) is 0. The molecule has 0 saturated carbocycles. The van der Waals surface area contributed by atoms with Crippen LogP contribution in [0.25, 0.3) is 11.5 Å². The number of rotatable bonds is 2. The molecule has 1 aliphatic heterocycles. The molecule has 4 aromatic heterocycles. The van der Waals surface area contributed by atoms with Crippen molar-refractivity contribution in [3.05, 3.63) is 41.8 Å². The first-order chi connectivity index (χ1) is 12.2. The van der Waals surface area contributed by atoms with Gasteiger partial charge in [0.25, 0.3) is 0 Å². The molecule has 5 heterocycles. The van der Waals surface area contributed by atoms with Gasteiger partial charge in [0, 0.05) is 18.9 Å². The topological polar surface area (TPSA) is 104 Å². The maximum absolute atomic E-state index is 4.67. The SMILES string of the molecule is Cc1nc(C2CCn3ncnc3C2)n(-c2ccc3nnc(C)n3n2)n1. The van der Waals surface area contributed by atoms with Crippen molar-refractivity contribution in [2.75, 3.05) is 0 Å². The summed E-state index contributed by atoms with van der Waals surface area (Å²) in [7, 11) is 0. The van der Waals surface area contributed by atoms with Crippen LogP contribution in [0.5, 0.6) is 0 Å². The third kappa shape index (κ3) is 2.21. The van der Waals surface area contributed by atoms with Gasteiger partial charge in [-0.1, -0.05) is 0 Å². The summed E-state index contributed by atoms with van der Waals surface area (Å²) in [6.07, 6.45) is 3.35. The fourth-order valence-electron chi connectivity index (χ4n) is 3.32. The molecule has 0 N–H and O–H groups in total. The first kappa shape index (κ1) is 14.2. The number of aromatic nitrogens is 10. The zero-order chi connectivity index (χ0) is 17.0. The average Bonchev–Trinajstić information content (AvgIpc) is 3.32. The quantitative estimate of drug-likeness (QED) is 0.529. The van der Waals surface area contributed by atoms with E-state index in [2.05, 4.69) is 35.5 Å². The summed E-state index contributed by atoms with van der Waals surface area (Å²) in [5.74, 6) is 4.30. The van der Waals surface area contributed by atoms with Crippen molar-refractivity contribution in [2.24, 2.45) is 0 Å². The van der Waals surface area contributed by atoms with E-state index >= 15 is 0 Å². The Kier molecular flexibility index (Phi) is 2.93. The molecule has 0 amide bonds. The van der Waals surface area contributed by atoms with Crippen LogP contribution in [-0.4, -0.2) is 49.3 Å². The van der Waals surface area contributed by atoms with Crippen molar-refractivity contribution in [1.29, 1.82) is 0 Å². The Bertz CT molecular complexity index is 1070. The molecular formula is C15H16N10. The third-order valence-corrected chi connectivity index (χ3v) is 4.54. The lowest BCUT2D eigenvalue weighted by Gasteiger charge is -2.21. The fraction of sp³-hybridized carbons (Fsp3) is 0.400. The van der Waals surface area contributed by atoms with Gasteiger partial charge < -0.3 is 0 Å². The van der Waals surface area contributed by atoms with Crippen LogP contribution in [0.2, 0.25) is 0 Å². The van der Waals surface area contributed by atoms with E-state index in [0.29, 0.717) is 11.5 Å². The molecule has 5 rings (SSSR count). The van der Waals surface area contributed by atoms with E-state index in [9.17, 15) is 0 Å². The third-order valence-electron chi connectivity index (χ3n) is 4.54. The first-order valence-corrected chi connectivity index (χ1v) is 8.19. The van der Waals surface area contributed by atoms with E-state index in [0.717, 1.165) is 42.7 Å². The highest BCUT2D eigenvalue weighted by molar-refractivity contribution is 5.39. The van der Waals surface area contributed by atoms with E-state index in [1.54, 1.807) is 10.8 Å². The van der Waals surface area contributed by atoms with Gasteiger partial charge >= 0.3 is 0 Å². The Hall–Kier alpha value is -3.17. The molecule has 0 fully saturated rings. The normalized spacial score (nSPS) is 17.1. The lowest BCUT2D eigenvalue weighted by Crippen LogP contribution is -2.22. The second-order valence-electron chi connectivity index (χ2n) is 6.23. The highest BCUT2D eigenvalue weighted by Gasteiger charge is 2.27. The van der Waals surface area contributed by atoms with Crippen LogP contribution in [-0.2, 0) is 13.0 Å². The van der Waals surface area contributed by atoms with E-state index < -0.39 is 0 Å². The molecule has 0 radical (unpaired) electrons. The highest BCUT2D eigenvalue weighted by atomic mass is 15.4. The van der Waals surface area contributed by atoms with Gasteiger partial charge in [-0.05, 0) is 32.4 Å². The van der Waals surface area contributed by atoms with Gasteiger partial charge in [0.15, 0.2) is 17.3 Å². The molecule has 4 aromatic rings. The summed E-state index contributed by atoms with van der Waals surface area (Å²) in [5.41, 5.74) is 0.713. The summed E-state index contributed by atoms with van der Waals surface area (Å²) < 4.78 is 5.49. The van der Waals surface area contributed by atoms with Crippen molar-refractivity contribution >= 4 is 5.65 Å². The van der Waals surface area contributed by atoms with Crippen molar-refractivity contribution in [3.63, 3.8) is 0 Å². The van der Waals surface area contributed by atoms with E-state index in [4.69, 9.17) is 0 Å². The lowest BCUT2D eigenvalue weighted by atomic mass is 9.97. The smallest absolute Gasteiger partial charge is 0.178 e. The van der Waals surface area contributed by atoms with Gasteiger partial charge in [-0.2, -0.15) is 14.3 Å². The van der Waals surface area contributed by atoms with Gasteiger partial charge in [0.1, 0.15) is 23.8 Å². The van der Waals surface area contributed by atoms with Crippen molar-refractivity contribution < 1.29 is 0 Å². The largest absolute Gasteiger partial charge is 0.250 e. The fourth-order valence-corrected chi connectivity index (χ4v) is 3.32. The van der Waals surface area contributed by atoms with Gasteiger partial charge in [0.2, 0.25) is 0 Å². The van der Waals surface area contributed by atoms with Crippen molar-refractivity contribution in [3.8, 4) is 5.82 Å². The number of fused-ring (bicyclic) bond motifs is 2. The Morgan fingerprint density at radius 1 is 1.12 bits per heavy atom. The van der Waals surface area contributed by atoms with Crippen LogP contribution >= 0.6 is 0 Å². The molecule has 0 saturated heterocycles. The van der Waals surface area contributed by atoms with Crippen LogP contribution in [0.15, 0.2) is 18.5 Å². The molecule has 0 spiro atoms. The number of hydrogen-bond acceptors (Lipinski definition) is 7. The summed E-state index contributed by atoms with van der Waals surface area (Å²) in [6.45, 7) is 4.61. The first-order valence-electron chi connectivity index (χ1n) is 8.19. The summed E-state index contributed by atoms with van der Waals surface area (Å²) in [6, 6.07) is 3.78.